The Bertz CT molecular complexity index is 1600. The Morgan fingerprint density at radius 3 is 2.78 bits per heavy atom. The molecule has 5 rings (SSSR count). The van der Waals surface area contributed by atoms with Crippen molar-refractivity contribution in [3.63, 3.8) is 0 Å². The van der Waals surface area contributed by atoms with E-state index in [2.05, 4.69) is 4.99 Å². The summed E-state index contributed by atoms with van der Waals surface area (Å²) in [6.45, 7) is 5.07. The summed E-state index contributed by atoms with van der Waals surface area (Å²) in [6.07, 6.45) is 1.71. The van der Waals surface area contributed by atoms with Crippen LogP contribution in [0.2, 0.25) is 0 Å². The summed E-state index contributed by atoms with van der Waals surface area (Å²) in [5.74, 6) is 0.539. The molecule has 3 heterocycles. The van der Waals surface area contributed by atoms with Crippen LogP contribution in [0.5, 0.6) is 17.2 Å². The molecule has 3 aromatic rings. The number of esters is 2. The molecule has 1 aromatic heterocycles. The summed E-state index contributed by atoms with van der Waals surface area (Å²) in [5.41, 5.74) is 1.79. The minimum Gasteiger partial charge on any atom is -0.463 e. The molecule has 0 radical (unpaired) electrons. The van der Waals surface area contributed by atoms with Gasteiger partial charge in [0.25, 0.3) is 5.56 Å². The van der Waals surface area contributed by atoms with E-state index in [4.69, 9.17) is 18.9 Å². The van der Waals surface area contributed by atoms with Gasteiger partial charge in [-0.05, 0) is 55.3 Å². The van der Waals surface area contributed by atoms with E-state index in [1.807, 2.05) is 0 Å². The Labute approximate surface area is 209 Å². The van der Waals surface area contributed by atoms with Crippen LogP contribution in [0.1, 0.15) is 37.9 Å². The highest BCUT2D eigenvalue weighted by Gasteiger charge is 2.34. The highest BCUT2D eigenvalue weighted by Crippen LogP contribution is 2.38. The molecule has 2 aliphatic rings. The average molecular weight is 507 g/mol. The highest BCUT2D eigenvalue weighted by molar-refractivity contribution is 7.07. The molecular formula is C26H22N2O7S. The Morgan fingerprint density at radius 2 is 2.00 bits per heavy atom. The van der Waals surface area contributed by atoms with E-state index < -0.39 is 18.0 Å². The molecule has 36 heavy (non-hydrogen) atoms. The molecule has 184 valence electrons. The van der Waals surface area contributed by atoms with Gasteiger partial charge in [0.05, 0.1) is 28.5 Å². The van der Waals surface area contributed by atoms with E-state index >= 15 is 0 Å². The predicted octanol–water partition coefficient (Wildman–Crippen LogP) is 2.45. The number of carbonyl (C=O) groups is 2. The number of hydrogen-bond donors (Lipinski definition) is 0. The van der Waals surface area contributed by atoms with Crippen molar-refractivity contribution in [3.8, 4) is 17.2 Å². The third-order valence-corrected chi connectivity index (χ3v) is 6.63. The van der Waals surface area contributed by atoms with Gasteiger partial charge in [0.1, 0.15) is 5.75 Å². The number of ether oxygens (including phenoxy) is 4. The minimum atomic E-state index is -0.760. The van der Waals surface area contributed by atoms with Gasteiger partial charge < -0.3 is 18.9 Å². The van der Waals surface area contributed by atoms with Gasteiger partial charge in [0.2, 0.25) is 6.79 Å². The Morgan fingerprint density at radius 1 is 1.19 bits per heavy atom. The van der Waals surface area contributed by atoms with Gasteiger partial charge in [-0.25, -0.2) is 9.79 Å². The summed E-state index contributed by atoms with van der Waals surface area (Å²) in [4.78, 5) is 43.1. The number of fused-ring (bicyclic) bond motifs is 2. The van der Waals surface area contributed by atoms with E-state index in [0.29, 0.717) is 43.4 Å². The number of benzene rings is 2. The maximum atomic E-state index is 13.7. The molecule has 0 bridgehead atoms. The first-order chi connectivity index (χ1) is 17.4. The first-order valence-electron chi connectivity index (χ1n) is 11.2. The molecule has 0 saturated carbocycles. The first-order valence-corrected chi connectivity index (χ1v) is 12.0. The second-order valence-electron chi connectivity index (χ2n) is 8.08. The van der Waals surface area contributed by atoms with E-state index in [1.165, 1.54) is 22.8 Å². The number of allylic oxidation sites excluding steroid dienone is 1. The standard InChI is InChI=1S/C26H22N2O7S/c1-4-32-25(31)22-14(2)27-26-28(23(22)17-8-9-19-20(12-17)34-13-33-19)24(30)21(36-26)11-16-6-5-7-18(10-16)35-15(3)29/h5-12,23H,4,13H2,1-3H3/b21-11-/t23-/m1/s1. The van der Waals surface area contributed by atoms with E-state index in [-0.39, 0.29) is 24.5 Å². The van der Waals surface area contributed by atoms with Crippen LogP contribution >= 0.6 is 11.3 Å². The van der Waals surface area contributed by atoms with Gasteiger partial charge in [-0.3, -0.25) is 14.2 Å². The Balaban J connectivity index is 1.68. The number of thiazole rings is 1. The van der Waals surface area contributed by atoms with Crippen LogP contribution in [0.3, 0.4) is 0 Å². The third-order valence-electron chi connectivity index (χ3n) is 5.65. The van der Waals surface area contributed by atoms with Crippen LogP contribution in [0.25, 0.3) is 6.08 Å². The largest absolute Gasteiger partial charge is 0.463 e. The number of nitrogens with zero attached hydrogens (tertiary/aromatic N) is 2. The van der Waals surface area contributed by atoms with Crippen LogP contribution in [-0.4, -0.2) is 29.9 Å². The molecule has 0 amide bonds. The van der Waals surface area contributed by atoms with Crippen molar-refractivity contribution in [3.05, 3.63) is 84.5 Å². The van der Waals surface area contributed by atoms with Gasteiger partial charge in [-0.1, -0.05) is 29.5 Å². The molecule has 0 fully saturated rings. The normalized spacial score (nSPS) is 16.4. The molecular weight excluding hydrogens is 484 g/mol. The van der Waals surface area contributed by atoms with Crippen molar-refractivity contribution >= 4 is 29.4 Å². The van der Waals surface area contributed by atoms with Gasteiger partial charge in [-0.2, -0.15) is 0 Å². The lowest BCUT2D eigenvalue weighted by Crippen LogP contribution is -2.39. The van der Waals surface area contributed by atoms with Crippen molar-refractivity contribution in [1.29, 1.82) is 0 Å². The zero-order valence-electron chi connectivity index (χ0n) is 19.8. The molecule has 2 aromatic carbocycles. The van der Waals surface area contributed by atoms with Crippen molar-refractivity contribution < 1.29 is 28.5 Å². The van der Waals surface area contributed by atoms with Crippen LogP contribution < -0.4 is 29.1 Å². The van der Waals surface area contributed by atoms with E-state index in [0.717, 1.165) is 0 Å². The monoisotopic (exact) mass is 506 g/mol. The summed E-state index contributed by atoms with van der Waals surface area (Å²) in [7, 11) is 0. The second kappa shape index (κ2) is 9.46. The molecule has 0 unspecified atom stereocenters. The average Bonchev–Trinajstić information content (AvgIpc) is 3.42. The molecule has 0 N–H and O–H groups in total. The predicted molar refractivity (Wildman–Crippen MR) is 131 cm³/mol. The van der Waals surface area contributed by atoms with Crippen LogP contribution in [0, 0.1) is 0 Å². The minimum absolute atomic E-state index is 0.105. The Kier molecular flexibility index (Phi) is 6.19. The van der Waals surface area contributed by atoms with E-state index in [1.54, 1.807) is 62.4 Å². The maximum Gasteiger partial charge on any atom is 0.338 e. The topological polar surface area (TPSA) is 105 Å². The fourth-order valence-electron chi connectivity index (χ4n) is 4.18. The second-order valence-corrected chi connectivity index (χ2v) is 9.09. The molecule has 9 nitrogen and oxygen atoms in total. The zero-order chi connectivity index (χ0) is 25.4. The summed E-state index contributed by atoms with van der Waals surface area (Å²) in [6, 6.07) is 11.4. The maximum absolute atomic E-state index is 13.7. The fraction of sp³-hybridized carbons (Fsp3) is 0.231. The molecule has 0 aliphatic carbocycles. The van der Waals surface area contributed by atoms with Crippen LogP contribution in [-0.2, 0) is 14.3 Å². The number of aromatic nitrogens is 1. The van der Waals surface area contributed by atoms with Crippen LogP contribution in [0.15, 0.2) is 63.5 Å². The van der Waals surface area contributed by atoms with Gasteiger partial charge >= 0.3 is 11.9 Å². The lowest BCUT2D eigenvalue weighted by Gasteiger charge is -2.24. The summed E-state index contributed by atoms with van der Waals surface area (Å²) < 4.78 is 23.4. The number of hydrogen-bond acceptors (Lipinski definition) is 9. The lowest BCUT2D eigenvalue weighted by atomic mass is 9.95. The van der Waals surface area contributed by atoms with E-state index in [9.17, 15) is 14.4 Å². The van der Waals surface area contributed by atoms with Gasteiger partial charge in [-0.15, -0.1) is 0 Å². The molecule has 10 heteroatoms. The van der Waals surface area contributed by atoms with Gasteiger partial charge in [0, 0.05) is 6.92 Å². The lowest BCUT2D eigenvalue weighted by molar-refractivity contribution is -0.139. The third kappa shape index (κ3) is 4.31. The Hall–Kier alpha value is -4.18. The highest BCUT2D eigenvalue weighted by atomic mass is 32.1. The smallest absolute Gasteiger partial charge is 0.338 e. The molecule has 0 saturated heterocycles. The number of carbonyl (C=O) groups excluding carboxylic acids is 2. The SMILES string of the molecule is CCOC(=O)C1=C(C)N=c2s/c(=C\c3cccc(OC(C)=O)c3)c(=O)n2[C@@H]1c1ccc2c(c1)OCO2. The van der Waals surface area contributed by atoms with Gasteiger partial charge in [0.15, 0.2) is 16.3 Å². The zero-order valence-corrected chi connectivity index (χ0v) is 20.6. The number of rotatable bonds is 5. The van der Waals surface area contributed by atoms with Crippen molar-refractivity contribution in [2.45, 2.75) is 26.8 Å². The van der Waals surface area contributed by atoms with Crippen LogP contribution in [0.4, 0.5) is 0 Å². The fourth-order valence-corrected chi connectivity index (χ4v) is 5.22. The quantitative estimate of drug-likeness (QED) is 0.387. The summed E-state index contributed by atoms with van der Waals surface area (Å²) in [5, 5.41) is 0. The first kappa shape index (κ1) is 23.6. The van der Waals surface area contributed by atoms with Crippen molar-refractivity contribution in [2.24, 2.45) is 4.99 Å². The van der Waals surface area contributed by atoms with Crippen molar-refractivity contribution in [1.82, 2.24) is 4.57 Å². The molecule has 2 aliphatic heterocycles. The van der Waals surface area contributed by atoms with Crippen molar-refractivity contribution in [2.75, 3.05) is 13.4 Å². The molecule has 0 spiro atoms. The molecule has 1 atom stereocenters. The summed E-state index contributed by atoms with van der Waals surface area (Å²) >= 11 is 1.21.